The van der Waals surface area contributed by atoms with Crippen LogP contribution in [0.25, 0.3) is 0 Å². The maximum absolute atomic E-state index is 9.96. The minimum absolute atomic E-state index is 0.161. The van der Waals surface area contributed by atoms with Crippen molar-refractivity contribution < 1.29 is 9.84 Å². The number of aliphatic hydroxyl groups is 1. The van der Waals surface area contributed by atoms with Crippen LogP contribution >= 0.6 is 15.9 Å². The van der Waals surface area contributed by atoms with E-state index in [2.05, 4.69) is 33.2 Å². The van der Waals surface area contributed by atoms with Gasteiger partial charge in [0.25, 0.3) is 0 Å². The molecule has 1 aromatic heterocycles. The molecule has 2 N–H and O–H groups in total. The molecule has 5 heteroatoms. The number of halogens is 1. The Morgan fingerprint density at radius 2 is 2.05 bits per heavy atom. The Morgan fingerprint density at radius 1 is 1.29 bits per heavy atom. The number of pyridine rings is 1. The summed E-state index contributed by atoms with van der Waals surface area (Å²) < 4.78 is 6.51. The third kappa shape index (κ3) is 5.46. The quantitative estimate of drug-likeness (QED) is 0.805. The summed E-state index contributed by atoms with van der Waals surface area (Å²) in [5, 5.41) is 13.2. The molecule has 112 valence electrons. The first-order valence-electron chi connectivity index (χ1n) is 6.85. The van der Waals surface area contributed by atoms with Crippen LogP contribution in [0.4, 0.5) is 0 Å². The fourth-order valence-corrected chi connectivity index (χ4v) is 2.27. The number of hydrogen-bond donors (Lipinski definition) is 2. The second-order valence-electron chi connectivity index (χ2n) is 4.83. The van der Waals surface area contributed by atoms with Crippen LogP contribution in [0.2, 0.25) is 0 Å². The summed E-state index contributed by atoms with van der Waals surface area (Å²) in [5.74, 6) is 0.741. The van der Waals surface area contributed by atoms with Gasteiger partial charge in [-0.1, -0.05) is 22.0 Å². The van der Waals surface area contributed by atoms with Crippen molar-refractivity contribution in [1.82, 2.24) is 10.3 Å². The first-order valence-corrected chi connectivity index (χ1v) is 7.64. The molecule has 0 saturated carbocycles. The molecule has 1 unspecified atom stereocenters. The molecule has 0 aliphatic rings. The second kappa shape index (κ2) is 8.12. The average Bonchev–Trinajstić information content (AvgIpc) is 2.51. The molecule has 0 bridgehead atoms. The molecule has 0 fully saturated rings. The highest BCUT2D eigenvalue weighted by Gasteiger charge is 2.09. The molecule has 2 rings (SSSR count). The predicted molar refractivity (Wildman–Crippen MR) is 86.3 cm³/mol. The molecular formula is C16H19BrN2O2. The van der Waals surface area contributed by atoms with E-state index in [-0.39, 0.29) is 12.6 Å². The molecule has 1 heterocycles. The monoisotopic (exact) mass is 350 g/mol. The fourth-order valence-electron chi connectivity index (χ4n) is 1.89. The molecule has 0 radical (unpaired) electrons. The maximum atomic E-state index is 9.96. The number of nitrogens with zero attached hydrogens (tertiary/aromatic N) is 1. The van der Waals surface area contributed by atoms with Crippen LogP contribution in [0.1, 0.15) is 18.5 Å². The van der Waals surface area contributed by atoms with E-state index in [0.717, 1.165) is 15.8 Å². The van der Waals surface area contributed by atoms with Crippen molar-refractivity contribution in [3.8, 4) is 5.75 Å². The van der Waals surface area contributed by atoms with Crippen LogP contribution in [0.5, 0.6) is 5.75 Å². The van der Waals surface area contributed by atoms with E-state index in [0.29, 0.717) is 6.54 Å². The van der Waals surface area contributed by atoms with Gasteiger partial charge in [0.2, 0.25) is 0 Å². The van der Waals surface area contributed by atoms with Crippen molar-refractivity contribution >= 4 is 15.9 Å². The highest BCUT2D eigenvalue weighted by Crippen LogP contribution is 2.17. The van der Waals surface area contributed by atoms with E-state index in [1.54, 1.807) is 12.4 Å². The Bertz CT molecular complexity index is 551. The van der Waals surface area contributed by atoms with Crippen molar-refractivity contribution in [3.63, 3.8) is 0 Å². The highest BCUT2D eigenvalue weighted by molar-refractivity contribution is 9.10. The lowest BCUT2D eigenvalue weighted by Crippen LogP contribution is -2.33. The lowest BCUT2D eigenvalue weighted by molar-refractivity contribution is 0.104. The zero-order valence-corrected chi connectivity index (χ0v) is 13.5. The molecule has 0 spiro atoms. The van der Waals surface area contributed by atoms with Gasteiger partial charge in [-0.3, -0.25) is 4.98 Å². The van der Waals surface area contributed by atoms with Crippen LogP contribution < -0.4 is 10.1 Å². The second-order valence-corrected chi connectivity index (χ2v) is 5.75. The number of hydrogen-bond acceptors (Lipinski definition) is 4. The van der Waals surface area contributed by atoms with Gasteiger partial charge in [-0.25, -0.2) is 0 Å². The zero-order chi connectivity index (χ0) is 15.1. The molecule has 1 aromatic carbocycles. The minimum atomic E-state index is -0.562. The third-order valence-corrected chi connectivity index (χ3v) is 3.60. The fraction of sp³-hybridized carbons (Fsp3) is 0.312. The van der Waals surface area contributed by atoms with E-state index in [9.17, 15) is 5.11 Å². The Labute approximate surface area is 133 Å². The molecule has 4 nitrogen and oxygen atoms in total. The summed E-state index contributed by atoms with van der Waals surface area (Å²) in [5.41, 5.74) is 1.14. The third-order valence-electron chi connectivity index (χ3n) is 3.10. The summed E-state index contributed by atoms with van der Waals surface area (Å²) >= 11 is 3.38. The smallest absolute Gasteiger partial charge is 0.120 e. The molecular weight excluding hydrogens is 332 g/mol. The topological polar surface area (TPSA) is 54.4 Å². The summed E-state index contributed by atoms with van der Waals surface area (Å²) in [7, 11) is 0. The number of aromatic nitrogens is 1. The van der Waals surface area contributed by atoms with Gasteiger partial charge in [0.1, 0.15) is 18.5 Å². The minimum Gasteiger partial charge on any atom is -0.491 e. The standard InChI is InChI=1S/C16H19BrN2O2/c1-12(13-5-7-18-8-6-13)19-10-15(20)11-21-16-4-2-3-14(17)9-16/h2-9,12,15,19-20H,10-11H2,1H3/t12-,15?/m1/s1. The largest absolute Gasteiger partial charge is 0.491 e. The molecule has 0 aliphatic carbocycles. The van der Waals surface area contributed by atoms with Crippen molar-refractivity contribution in [2.45, 2.75) is 19.1 Å². The first kappa shape index (κ1) is 15.9. The molecule has 2 aromatic rings. The Kier molecular flexibility index (Phi) is 6.17. The normalized spacial score (nSPS) is 13.7. The summed E-state index contributed by atoms with van der Waals surface area (Å²) in [4.78, 5) is 3.99. The van der Waals surface area contributed by atoms with E-state index in [1.807, 2.05) is 36.4 Å². The molecule has 21 heavy (non-hydrogen) atoms. The van der Waals surface area contributed by atoms with Crippen LogP contribution in [-0.4, -0.2) is 29.3 Å². The predicted octanol–water partition coefficient (Wildman–Crippen LogP) is 2.93. The SMILES string of the molecule is C[C@@H](NCC(O)COc1cccc(Br)c1)c1ccncc1. The van der Waals surface area contributed by atoms with E-state index < -0.39 is 6.10 Å². The average molecular weight is 351 g/mol. The van der Waals surface area contributed by atoms with Crippen LogP contribution in [0.3, 0.4) is 0 Å². The van der Waals surface area contributed by atoms with Crippen molar-refractivity contribution in [1.29, 1.82) is 0 Å². The summed E-state index contributed by atoms with van der Waals surface area (Å²) in [6.07, 6.45) is 2.97. The van der Waals surface area contributed by atoms with Gasteiger partial charge in [0.15, 0.2) is 0 Å². The zero-order valence-electron chi connectivity index (χ0n) is 11.9. The van der Waals surface area contributed by atoms with E-state index >= 15 is 0 Å². The van der Waals surface area contributed by atoms with Gasteiger partial charge in [-0.15, -0.1) is 0 Å². The van der Waals surface area contributed by atoms with Gasteiger partial charge >= 0.3 is 0 Å². The van der Waals surface area contributed by atoms with E-state index in [4.69, 9.17) is 4.74 Å². The highest BCUT2D eigenvalue weighted by atomic mass is 79.9. The van der Waals surface area contributed by atoms with Crippen molar-refractivity contribution in [3.05, 3.63) is 58.8 Å². The van der Waals surface area contributed by atoms with Gasteiger partial charge in [-0.2, -0.15) is 0 Å². The van der Waals surface area contributed by atoms with Crippen LogP contribution in [0.15, 0.2) is 53.3 Å². The molecule has 0 aliphatic heterocycles. The number of benzene rings is 1. The Balaban J connectivity index is 1.73. The molecule has 0 saturated heterocycles. The van der Waals surface area contributed by atoms with Crippen LogP contribution in [0, 0.1) is 0 Å². The Hall–Kier alpha value is -1.43. The first-order chi connectivity index (χ1) is 10.1. The summed E-state index contributed by atoms with van der Waals surface area (Å²) in [6, 6.07) is 11.7. The molecule has 0 amide bonds. The molecule has 2 atom stereocenters. The lowest BCUT2D eigenvalue weighted by atomic mass is 10.1. The van der Waals surface area contributed by atoms with Gasteiger partial charge in [-0.05, 0) is 42.8 Å². The van der Waals surface area contributed by atoms with Crippen molar-refractivity contribution in [2.75, 3.05) is 13.2 Å². The number of rotatable bonds is 7. The number of nitrogens with one attached hydrogen (secondary N) is 1. The van der Waals surface area contributed by atoms with Crippen molar-refractivity contribution in [2.24, 2.45) is 0 Å². The van der Waals surface area contributed by atoms with Gasteiger partial charge in [0.05, 0.1) is 0 Å². The number of ether oxygens (including phenoxy) is 1. The lowest BCUT2D eigenvalue weighted by Gasteiger charge is -2.18. The maximum Gasteiger partial charge on any atom is 0.120 e. The summed E-state index contributed by atoms with van der Waals surface area (Å²) in [6.45, 7) is 2.78. The van der Waals surface area contributed by atoms with Crippen LogP contribution in [-0.2, 0) is 0 Å². The van der Waals surface area contributed by atoms with E-state index in [1.165, 1.54) is 0 Å². The number of aliphatic hydroxyl groups excluding tert-OH is 1. The van der Waals surface area contributed by atoms with Gasteiger partial charge < -0.3 is 15.2 Å². The Morgan fingerprint density at radius 3 is 2.76 bits per heavy atom. The van der Waals surface area contributed by atoms with Gasteiger partial charge in [0, 0.05) is 29.5 Å².